The molecule has 0 unspecified atom stereocenters. The van der Waals surface area contributed by atoms with Gasteiger partial charge >= 0.3 is 0 Å². The van der Waals surface area contributed by atoms with Crippen molar-refractivity contribution in [2.75, 3.05) is 31.1 Å². The predicted molar refractivity (Wildman–Crippen MR) is 57.8 cm³/mol. The molecule has 80 valence electrons. The quantitative estimate of drug-likeness (QED) is 0.509. The van der Waals surface area contributed by atoms with Gasteiger partial charge in [-0.1, -0.05) is 0 Å². The normalized spacial score (nSPS) is 22.5. The van der Waals surface area contributed by atoms with Gasteiger partial charge in [0, 0.05) is 13.0 Å². The van der Waals surface area contributed by atoms with Crippen LogP contribution in [0.2, 0.25) is 0 Å². The second-order valence-corrected chi connectivity index (χ2v) is 5.96. The van der Waals surface area contributed by atoms with Crippen molar-refractivity contribution in [1.29, 1.82) is 0 Å². The third kappa shape index (κ3) is 4.12. The van der Waals surface area contributed by atoms with Crippen LogP contribution in [0.5, 0.6) is 0 Å². The summed E-state index contributed by atoms with van der Waals surface area (Å²) in [7, 11) is -2.76. The summed E-state index contributed by atoms with van der Waals surface area (Å²) in [5.74, 6) is 3.25. The van der Waals surface area contributed by atoms with Crippen molar-refractivity contribution in [3.63, 3.8) is 0 Å². The largest absolute Gasteiger partial charge is 0.302 e. The van der Waals surface area contributed by atoms with Crippen molar-refractivity contribution in [2.24, 2.45) is 0 Å². The Bertz CT molecular complexity index is 303. The Morgan fingerprint density at radius 3 is 2.79 bits per heavy atom. The predicted octanol–water partition coefficient (Wildman–Crippen LogP) is 0.520. The lowest BCUT2D eigenvalue weighted by atomic mass is 10.3. The smallest absolute Gasteiger partial charge is 0.151 e. The molecule has 3 nitrogen and oxygen atoms in total. The van der Waals surface area contributed by atoms with Crippen molar-refractivity contribution < 1.29 is 8.42 Å². The average molecular weight is 215 g/mol. The molecule has 0 aliphatic carbocycles. The minimum atomic E-state index is -2.76. The van der Waals surface area contributed by atoms with E-state index in [1.54, 1.807) is 0 Å². The molecule has 0 N–H and O–H groups in total. The zero-order valence-electron chi connectivity index (χ0n) is 8.41. The summed E-state index contributed by atoms with van der Waals surface area (Å²) in [6, 6.07) is 0. The van der Waals surface area contributed by atoms with Crippen LogP contribution in [0.4, 0.5) is 0 Å². The molecule has 1 aliphatic rings. The molecule has 0 bridgehead atoms. The number of nitrogens with zero attached hydrogens (tertiary/aromatic N) is 1. The van der Waals surface area contributed by atoms with Gasteiger partial charge in [0.1, 0.15) is 0 Å². The minimum absolute atomic E-state index is 0.309. The first-order chi connectivity index (χ1) is 6.64. The Labute approximate surface area is 86.4 Å². The van der Waals surface area contributed by atoms with E-state index in [0.29, 0.717) is 18.1 Å². The number of unbranched alkanes of at least 4 members (excludes halogenated alkanes) is 1. The third-order valence-corrected chi connectivity index (χ3v) is 4.16. The highest BCUT2D eigenvalue weighted by atomic mass is 32.2. The molecule has 1 rings (SSSR count). The topological polar surface area (TPSA) is 37.4 Å². The fourth-order valence-electron chi connectivity index (χ4n) is 1.62. The maximum absolute atomic E-state index is 11.3. The van der Waals surface area contributed by atoms with Crippen LogP contribution in [-0.2, 0) is 9.84 Å². The Hall–Kier alpha value is -0.530. The van der Waals surface area contributed by atoms with Gasteiger partial charge < -0.3 is 4.90 Å². The number of terminal acetylenes is 1. The van der Waals surface area contributed by atoms with Crippen LogP contribution >= 0.6 is 0 Å². The molecule has 0 aromatic rings. The van der Waals surface area contributed by atoms with E-state index >= 15 is 0 Å². The first-order valence-corrected chi connectivity index (χ1v) is 6.82. The van der Waals surface area contributed by atoms with E-state index in [1.165, 1.54) is 0 Å². The van der Waals surface area contributed by atoms with E-state index in [-0.39, 0.29) is 0 Å². The van der Waals surface area contributed by atoms with Crippen LogP contribution in [0.1, 0.15) is 19.3 Å². The Morgan fingerprint density at radius 1 is 1.29 bits per heavy atom. The molecule has 1 aliphatic heterocycles. The summed E-state index contributed by atoms with van der Waals surface area (Å²) in [4.78, 5) is 2.20. The van der Waals surface area contributed by atoms with E-state index in [4.69, 9.17) is 6.42 Å². The molecule has 0 spiro atoms. The highest BCUT2D eigenvalue weighted by Gasteiger charge is 2.18. The number of rotatable bonds is 3. The molecule has 0 amide bonds. The third-order valence-electron chi connectivity index (χ3n) is 2.44. The summed E-state index contributed by atoms with van der Waals surface area (Å²) < 4.78 is 22.6. The first-order valence-electron chi connectivity index (χ1n) is 5.00. The van der Waals surface area contributed by atoms with Gasteiger partial charge in [-0.2, -0.15) is 0 Å². The molecular weight excluding hydrogens is 198 g/mol. The van der Waals surface area contributed by atoms with Crippen LogP contribution in [0.25, 0.3) is 0 Å². The van der Waals surface area contributed by atoms with E-state index in [0.717, 1.165) is 32.4 Å². The zero-order chi connectivity index (χ0) is 10.4. The molecule has 1 heterocycles. The van der Waals surface area contributed by atoms with E-state index in [2.05, 4.69) is 10.8 Å². The fraction of sp³-hybridized carbons (Fsp3) is 0.800. The van der Waals surface area contributed by atoms with E-state index in [9.17, 15) is 8.42 Å². The monoisotopic (exact) mass is 215 g/mol. The van der Waals surface area contributed by atoms with Gasteiger partial charge in [0.2, 0.25) is 0 Å². The van der Waals surface area contributed by atoms with Crippen molar-refractivity contribution >= 4 is 9.84 Å². The number of hydrogen-bond donors (Lipinski definition) is 0. The van der Waals surface area contributed by atoms with Gasteiger partial charge in [-0.3, -0.25) is 0 Å². The van der Waals surface area contributed by atoms with Crippen molar-refractivity contribution in [2.45, 2.75) is 19.3 Å². The summed E-state index contributed by atoms with van der Waals surface area (Å²) in [5.41, 5.74) is 0. The van der Waals surface area contributed by atoms with Crippen molar-refractivity contribution in [3.8, 4) is 12.3 Å². The van der Waals surface area contributed by atoms with Crippen LogP contribution in [-0.4, -0.2) is 44.5 Å². The minimum Gasteiger partial charge on any atom is -0.302 e. The lowest BCUT2D eigenvalue weighted by molar-refractivity contribution is 0.293. The van der Waals surface area contributed by atoms with Gasteiger partial charge in [0.05, 0.1) is 11.5 Å². The summed E-state index contributed by atoms with van der Waals surface area (Å²) in [5, 5.41) is 0. The molecule has 0 radical (unpaired) electrons. The molecular formula is C10H17NO2S. The Kier molecular flexibility index (Phi) is 4.43. The summed E-state index contributed by atoms with van der Waals surface area (Å²) in [6.07, 6.45) is 7.67. The second-order valence-electron chi connectivity index (χ2n) is 3.65. The molecule has 1 saturated heterocycles. The Morgan fingerprint density at radius 2 is 2.07 bits per heavy atom. The van der Waals surface area contributed by atoms with Crippen molar-refractivity contribution in [3.05, 3.63) is 0 Å². The molecule has 0 atom stereocenters. The molecule has 4 heteroatoms. The van der Waals surface area contributed by atoms with E-state index in [1.807, 2.05) is 0 Å². The van der Waals surface area contributed by atoms with Gasteiger partial charge in [0.15, 0.2) is 9.84 Å². The van der Waals surface area contributed by atoms with Gasteiger partial charge in [0.25, 0.3) is 0 Å². The van der Waals surface area contributed by atoms with Crippen LogP contribution in [0.3, 0.4) is 0 Å². The van der Waals surface area contributed by atoms with Gasteiger partial charge in [-0.25, -0.2) is 8.42 Å². The fourth-order valence-corrected chi connectivity index (χ4v) is 2.93. The van der Waals surface area contributed by atoms with E-state index < -0.39 is 9.84 Å². The zero-order valence-corrected chi connectivity index (χ0v) is 9.22. The number of hydrogen-bond acceptors (Lipinski definition) is 3. The second kappa shape index (κ2) is 5.38. The van der Waals surface area contributed by atoms with Crippen LogP contribution in [0, 0.1) is 12.3 Å². The average Bonchev–Trinajstić information content (AvgIpc) is 2.28. The lowest BCUT2D eigenvalue weighted by Gasteiger charge is -2.17. The lowest BCUT2D eigenvalue weighted by Crippen LogP contribution is -2.28. The van der Waals surface area contributed by atoms with Crippen molar-refractivity contribution in [1.82, 2.24) is 4.90 Å². The standard InChI is InChI=1S/C10H17NO2S/c1-2-3-4-6-11-7-5-9-14(12,13)10-8-11/h1H,3-10H2. The van der Waals surface area contributed by atoms with Crippen LogP contribution < -0.4 is 0 Å². The summed E-state index contributed by atoms with van der Waals surface area (Å²) >= 11 is 0. The maximum atomic E-state index is 11.3. The molecule has 0 aromatic carbocycles. The summed E-state index contributed by atoms with van der Waals surface area (Å²) in [6.45, 7) is 2.50. The molecule has 14 heavy (non-hydrogen) atoms. The van der Waals surface area contributed by atoms with Gasteiger partial charge in [-0.15, -0.1) is 12.3 Å². The SMILES string of the molecule is C#CCCCN1CCCS(=O)(=O)CC1. The van der Waals surface area contributed by atoms with Gasteiger partial charge in [-0.05, 0) is 25.9 Å². The number of sulfone groups is 1. The highest BCUT2D eigenvalue weighted by Crippen LogP contribution is 2.05. The highest BCUT2D eigenvalue weighted by molar-refractivity contribution is 7.91. The first kappa shape index (κ1) is 11.5. The van der Waals surface area contributed by atoms with Crippen LogP contribution in [0.15, 0.2) is 0 Å². The molecule has 0 saturated carbocycles. The molecule has 0 aromatic heterocycles. The Balaban J connectivity index is 2.32. The molecule has 1 fully saturated rings. The maximum Gasteiger partial charge on any atom is 0.151 e.